The quantitative estimate of drug-likeness (QED) is 0.564. The summed E-state index contributed by atoms with van der Waals surface area (Å²) in [6.07, 6.45) is 6.64. The summed E-state index contributed by atoms with van der Waals surface area (Å²) in [5.74, 6) is 0. The first kappa shape index (κ1) is 10.0. The van der Waals surface area contributed by atoms with Gasteiger partial charge in [0.1, 0.15) is 0 Å². The van der Waals surface area contributed by atoms with Gasteiger partial charge in [-0.2, -0.15) is 0 Å². The van der Waals surface area contributed by atoms with E-state index >= 15 is 0 Å². The molecule has 1 N–H and O–H groups in total. The SMILES string of the molecule is CCOCCCCCNC1CC1. The van der Waals surface area contributed by atoms with E-state index in [2.05, 4.69) is 12.2 Å². The second-order valence-corrected chi connectivity index (χ2v) is 3.49. The van der Waals surface area contributed by atoms with Gasteiger partial charge in [0.05, 0.1) is 0 Å². The Labute approximate surface area is 75.7 Å². The van der Waals surface area contributed by atoms with E-state index in [1.807, 2.05) is 0 Å². The molecule has 0 amide bonds. The van der Waals surface area contributed by atoms with Crippen molar-refractivity contribution in [2.75, 3.05) is 19.8 Å². The Morgan fingerprint density at radius 2 is 2.08 bits per heavy atom. The van der Waals surface area contributed by atoms with E-state index in [1.165, 1.54) is 38.6 Å². The number of rotatable bonds is 8. The van der Waals surface area contributed by atoms with E-state index in [-0.39, 0.29) is 0 Å². The second-order valence-electron chi connectivity index (χ2n) is 3.49. The smallest absolute Gasteiger partial charge is 0.0465 e. The Hall–Kier alpha value is -0.0800. The third-order valence-corrected chi connectivity index (χ3v) is 2.18. The Bertz CT molecular complexity index is 102. The van der Waals surface area contributed by atoms with Crippen molar-refractivity contribution in [2.45, 2.75) is 45.1 Å². The molecule has 2 heteroatoms. The Morgan fingerprint density at radius 1 is 1.25 bits per heavy atom. The first-order valence-electron chi connectivity index (χ1n) is 5.24. The van der Waals surface area contributed by atoms with Gasteiger partial charge >= 0.3 is 0 Å². The maximum Gasteiger partial charge on any atom is 0.0465 e. The topological polar surface area (TPSA) is 21.3 Å². The minimum absolute atomic E-state index is 0.861. The number of hydrogen-bond acceptors (Lipinski definition) is 2. The Morgan fingerprint density at radius 3 is 2.75 bits per heavy atom. The monoisotopic (exact) mass is 171 g/mol. The average molecular weight is 171 g/mol. The first-order valence-corrected chi connectivity index (χ1v) is 5.24. The molecule has 1 fully saturated rings. The third-order valence-electron chi connectivity index (χ3n) is 2.18. The highest BCUT2D eigenvalue weighted by Crippen LogP contribution is 2.18. The predicted molar refractivity (Wildman–Crippen MR) is 51.4 cm³/mol. The van der Waals surface area contributed by atoms with Crippen LogP contribution in [0.5, 0.6) is 0 Å². The van der Waals surface area contributed by atoms with Crippen molar-refractivity contribution in [3.63, 3.8) is 0 Å². The van der Waals surface area contributed by atoms with Crippen molar-refractivity contribution in [3.8, 4) is 0 Å². The third kappa shape index (κ3) is 5.56. The van der Waals surface area contributed by atoms with Crippen LogP contribution in [0.1, 0.15) is 39.0 Å². The van der Waals surface area contributed by atoms with Gasteiger partial charge in [0.25, 0.3) is 0 Å². The summed E-state index contributed by atoms with van der Waals surface area (Å²) in [5.41, 5.74) is 0. The molecule has 0 heterocycles. The van der Waals surface area contributed by atoms with Gasteiger partial charge in [-0.15, -0.1) is 0 Å². The van der Waals surface area contributed by atoms with Crippen LogP contribution in [-0.4, -0.2) is 25.8 Å². The minimum atomic E-state index is 0.861. The molecule has 1 saturated carbocycles. The standard InChI is InChI=1S/C10H21NO/c1-2-12-9-5-3-4-8-11-10-6-7-10/h10-11H,2-9H2,1H3. The molecule has 0 aromatic rings. The summed E-state index contributed by atoms with van der Waals surface area (Å²) >= 11 is 0. The van der Waals surface area contributed by atoms with Crippen molar-refractivity contribution >= 4 is 0 Å². The van der Waals surface area contributed by atoms with Gasteiger partial charge in [-0.3, -0.25) is 0 Å². The Balaban J connectivity index is 1.65. The van der Waals surface area contributed by atoms with Crippen LogP contribution in [0.3, 0.4) is 0 Å². The molecule has 12 heavy (non-hydrogen) atoms. The zero-order valence-electron chi connectivity index (χ0n) is 8.14. The normalized spacial score (nSPS) is 16.8. The van der Waals surface area contributed by atoms with Crippen LogP contribution in [-0.2, 0) is 4.74 Å². The molecular weight excluding hydrogens is 150 g/mol. The molecule has 1 aliphatic carbocycles. The molecule has 0 radical (unpaired) electrons. The van der Waals surface area contributed by atoms with E-state index in [4.69, 9.17) is 4.74 Å². The van der Waals surface area contributed by atoms with E-state index in [0.717, 1.165) is 19.3 Å². The largest absolute Gasteiger partial charge is 0.382 e. The molecular formula is C10H21NO. The van der Waals surface area contributed by atoms with Gasteiger partial charge in [-0.05, 0) is 45.6 Å². The van der Waals surface area contributed by atoms with E-state index in [1.54, 1.807) is 0 Å². The van der Waals surface area contributed by atoms with Gasteiger partial charge in [-0.25, -0.2) is 0 Å². The van der Waals surface area contributed by atoms with E-state index in [9.17, 15) is 0 Å². The molecule has 0 aliphatic heterocycles. The van der Waals surface area contributed by atoms with Gasteiger partial charge < -0.3 is 10.1 Å². The summed E-state index contributed by atoms with van der Waals surface area (Å²) in [4.78, 5) is 0. The molecule has 2 nitrogen and oxygen atoms in total. The van der Waals surface area contributed by atoms with Gasteiger partial charge in [0.2, 0.25) is 0 Å². The lowest BCUT2D eigenvalue weighted by Crippen LogP contribution is -2.17. The highest BCUT2D eigenvalue weighted by Gasteiger charge is 2.19. The summed E-state index contributed by atoms with van der Waals surface area (Å²) in [6.45, 7) is 5.06. The van der Waals surface area contributed by atoms with Crippen LogP contribution in [0.15, 0.2) is 0 Å². The van der Waals surface area contributed by atoms with Crippen LogP contribution >= 0.6 is 0 Å². The van der Waals surface area contributed by atoms with Gasteiger partial charge in [0.15, 0.2) is 0 Å². The molecule has 1 aliphatic rings. The molecule has 0 saturated heterocycles. The average Bonchev–Trinajstić information content (AvgIpc) is 2.87. The van der Waals surface area contributed by atoms with Crippen LogP contribution in [0, 0.1) is 0 Å². The summed E-state index contributed by atoms with van der Waals surface area (Å²) < 4.78 is 5.25. The number of ether oxygens (including phenoxy) is 1. The second kappa shape index (κ2) is 6.44. The number of nitrogens with one attached hydrogen (secondary N) is 1. The minimum Gasteiger partial charge on any atom is -0.382 e. The zero-order chi connectivity index (χ0) is 8.65. The van der Waals surface area contributed by atoms with Crippen LogP contribution in [0.25, 0.3) is 0 Å². The Kier molecular flexibility index (Phi) is 5.37. The fourth-order valence-electron chi connectivity index (χ4n) is 1.24. The molecule has 0 unspecified atom stereocenters. The van der Waals surface area contributed by atoms with Crippen molar-refractivity contribution in [1.82, 2.24) is 5.32 Å². The van der Waals surface area contributed by atoms with E-state index < -0.39 is 0 Å². The molecule has 0 aromatic heterocycles. The summed E-state index contributed by atoms with van der Waals surface area (Å²) in [5, 5.41) is 3.51. The van der Waals surface area contributed by atoms with Crippen molar-refractivity contribution < 1.29 is 4.74 Å². The van der Waals surface area contributed by atoms with Gasteiger partial charge in [-0.1, -0.05) is 0 Å². The van der Waals surface area contributed by atoms with Gasteiger partial charge in [0, 0.05) is 19.3 Å². The van der Waals surface area contributed by atoms with E-state index in [0.29, 0.717) is 0 Å². The predicted octanol–water partition coefficient (Wildman–Crippen LogP) is 1.95. The highest BCUT2D eigenvalue weighted by atomic mass is 16.5. The maximum absolute atomic E-state index is 5.25. The first-order chi connectivity index (χ1) is 5.93. The highest BCUT2D eigenvalue weighted by molar-refractivity contribution is 4.80. The molecule has 0 atom stereocenters. The summed E-state index contributed by atoms with van der Waals surface area (Å²) in [6, 6.07) is 0.872. The fraction of sp³-hybridized carbons (Fsp3) is 1.00. The molecule has 0 bridgehead atoms. The lowest BCUT2D eigenvalue weighted by atomic mass is 10.2. The van der Waals surface area contributed by atoms with Crippen molar-refractivity contribution in [2.24, 2.45) is 0 Å². The zero-order valence-corrected chi connectivity index (χ0v) is 8.14. The fourth-order valence-corrected chi connectivity index (χ4v) is 1.24. The summed E-state index contributed by atoms with van der Waals surface area (Å²) in [7, 11) is 0. The molecule has 0 spiro atoms. The molecule has 1 rings (SSSR count). The lowest BCUT2D eigenvalue weighted by molar-refractivity contribution is 0.143. The number of unbranched alkanes of at least 4 members (excludes halogenated alkanes) is 2. The molecule has 72 valence electrons. The van der Waals surface area contributed by atoms with Crippen molar-refractivity contribution in [1.29, 1.82) is 0 Å². The molecule has 0 aromatic carbocycles. The van der Waals surface area contributed by atoms with Crippen molar-refractivity contribution in [3.05, 3.63) is 0 Å². The number of hydrogen-bond donors (Lipinski definition) is 1. The van der Waals surface area contributed by atoms with Crippen LogP contribution in [0.4, 0.5) is 0 Å². The van der Waals surface area contributed by atoms with Crippen LogP contribution < -0.4 is 5.32 Å². The maximum atomic E-state index is 5.25. The lowest BCUT2D eigenvalue weighted by Gasteiger charge is -2.02. The van der Waals surface area contributed by atoms with Crippen LogP contribution in [0.2, 0.25) is 0 Å².